The van der Waals surface area contributed by atoms with E-state index in [0.717, 1.165) is 11.3 Å². The van der Waals surface area contributed by atoms with Gasteiger partial charge in [0, 0.05) is 24.6 Å². The molecule has 2 atom stereocenters. The molecule has 0 saturated carbocycles. The molecule has 0 spiro atoms. The lowest BCUT2D eigenvalue weighted by Gasteiger charge is -2.12. The Bertz CT molecular complexity index is 612. The summed E-state index contributed by atoms with van der Waals surface area (Å²) < 4.78 is 1.83. The molecule has 110 valence electrons. The number of benzene rings is 1. The number of nitrogens with one attached hydrogen (secondary N) is 2. The molecule has 1 aromatic heterocycles. The maximum Gasteiger partial charge on any atom is 0.241 e. The van der Waals surface area contributed by atoms with Gasteiger partial charge in [-0.15, -0.1) is 0 Å². The van der Waals surface area contributed by atoms with Crippen LogP contribution in [0, 0.1) is 0 Å². The van der Waals surface area contributed by atoms with Gasteiger partial charge < -0.3 is 15.7 Å². The third-order valence-corrected chi connectivity index (χ3v) is 3.52. The standard InChI is InChI=1S/C15H18N4O2/c20-13-8-14(16-9-13)15(21)18-12-4-1-3-11(7-12)10-19-6-2-5-17-19/h1-7,13-14,16,20H,8-10H2,(H,18,21). The Labute approximate surface area is 122 Å². The quantitative estimate of drug-likeness (QED) is 0.769. The van der Waals surface area contributed by atoms with Crippen molar-refractivity contribution in [2.75, 3.05) is 11.9 Å². The van der Waals surface area contributed by atoms with Gasteiger partial charge in [0.05, 0.1) is 18.7 Å². The van der Waals surface area contributed by atoms with Crippen LogP contribution in [0.3, 0.4) is 0 Å². The van der Waals surface area contributed by atoms with Crippen LogP contribution in [0.15, 0.2) is 42.7 Å². The molecule has 1 fully saturated rings. The molecular formula is C15H18N4O2. The van der Waals surface area contributed by atoms with Gasteiger partial charge in [0.15, 0.2) is 0 Å². The number of β-amino-alcohol motifs (C(OH)–C–C–N with tert-alkyl or cyclic N) is 1. The van der Waals surface area contributed by atoms with Crippen LogP contribution in [0.1, 0.15) is 12.0 Å². The van der Waals surface area contributed by atoms with Crippen molar-refractivity contribution in [3.63, 3.8) is 0 Å². The Kier molecular flexibility index (Phi) is 3.98. The van der Waals surface area contributed by atoms with Crippen LogP contribution in [-0.2, 0) is 11.3 Å². The van der Waals surface area contributed by atoms with Crippen molar-refractivity contribution in [3.8, 4) is 0 Å². The predicted octanol–water partition coefficient (Wildman–Crippen LogP) is 0.593. The van der Waals surface area contributed by atoms with E-state index >= 15 is 0 Å². The average Bonchev–Trinajstić information content (AvgIpc) is 3.11. The fourth-order valence-corrected chi connectivity index (χ4v) is 2.47. The summed E-state index contributed by atoms with van der Waals surface area (Å²) in [6.45, 7) is 1.13. The zero-order chi connectivity index (χ0) is 14.7. The van der Waals surface area contributed by atoms with E-state index in [1.54, 1.807) is 6.20 Å². The molecule has 1 aliphatic heterocycles. The number of aromatic nitrogens is 2. The second kappa shape index (κ2) is 6.07. The van der Waals surface area contributed by atoms with Gasteiger partial charge in [0.2, 0.25) is 5.91 Å². The topological polar surface area (TPSA) is 79.2 Å². The van der Waals surface area contributed by atoms with Crippen molar-refractivity contribution in [2.45, 2.75) is 25.1 Å². The van der Waals surface area contributed by atoms with Crippen molar-refractivity contribution >= 4 is 11.6 Å². The van der Waals surface area contributed by atoms with E-state index in [-0.39, 0.29) is 11.9 Å². The minimum Gasteiger partial charge on any atom is -0.392 e. The van der Waals surface area contributed by atoms with E-state index in [4.69, 9.17) is 0 Å². The van der Waals surface area contributed by atoms with Crippen molar-refractivity contribution in [1.82, 2.24) is 15.1 Å². The smallest absolute Gasteiger partial charge is 0.241 e. The third kappa shape index (κ3) is 3.48. The molecule has 1 aliphatic rings. The van der Waals surface area contributed by atoms with Crippen LogP contribution in [0.2, 0.25) is 0 Å². The highest BCUT2D eigenvalue weighted by atomic mass is 16.3. The highest BCUT2D eigenvalue weighted by Crippen LogP contribution is 2.14. The number of carbonyl (C=O) groups excluding carboxylic acids is 1. The summed E-state index contributed by atoms with van der Waals surface area (Å²) in [6, 6.07) is 9.25. The minimum atomic E-state index is -0.438. The lowest BCUT2D eigenvalue weighted by atomic mass is 10.1. The zero-order valence-electron chi connectivity index (χ0n) is 11.6. The molecule has 6 nitrogen and oxygen atoms in total. The fourth-order valence-electron chi connectivity index (χ4n) is 2.47. The molecule has 3 N–H and O–H groups in total. The number of aliphatic hydroxyl groups excluding tert-OH is 1. The number of anilines is 1. The second-order valence-electron chi connectivity index (χ2n) is 5.24. The molecule has 2 heterocycles. The molecule has 1 amide bonds. The van der Waals surface area contributed by atoms with E-state index < -0.39 is 6.10 Å². The van der Waals surface area contributed by atoms with E-state index in [1.165, 1.54) is 0 Å². The van der Waals surface area contributed by atoms with Crippen LogP contribution in [0.4, 0.5) is 5.69 Å². The highest BCUT2D eigenvalue weighted by Gasteiger charge is 2.27. The Hall–Kier alpha value is -2.18. The van der Waals surface area contributed by atoms with E-state index in [1.807, 2.05) is 41.2 Å². The first-order valence-electron chi connectivity index (χ1n) is 6.99. The predicted molar refractivity (Wildman–Crippen MR) is 78.8 cm³/mol. The van der Waals surface area contributed by atoms with Crippen LogP contribution in [-0.4, -0.2) is 39.5 Å². The van der Waals surface area contributed by atoms with E-state index in [9.17, 15) is 9.90 Å². The van der Waals surface area contributed by atoms with Gasteiger partial charge in [-0.1, -0.05) is 12.1 Å². The Balaban J connectivity index is 1.64. The number of nitrogens with zero attached hydrogens (tertiary/aromatic N) is 2. The highest BCUT2D eigenvalue weighted by molar-refractivity contribution is 5.95. The molecule has 6 heteroatoms. The van der Waals surface area contributed by atoms with Crippen LogP contribution >= 0.6 is 0 Å². The lowest BCUT2D eigenvalue weighted by Crippen LogP contribution is -2.35. The van der Waals surface area contributed by atoms with Gasteiger partial charge in [-0.05, 0) is 30.2 Å². The van der Waals surface area contributed by atoms with Crippen molar-refractivity contribution in [1.29, 1.82) is 0 Å². The summed E-state index contributed by atoms with van der Waals surface area (Å²) in [7, 11) is 0. The number of hydrogen-bond donors (Lipinski definition) is 3. The van der Waals surface area contributed by atoms with E-state index in [2.05, 4.69) is 15.7 Å². The molecular weight excluding hydrogens is 268 g/mol. The van der Waals surface area contributed by atoms with Crippen molar-refractivity contribution < 1.29 is 9.90 Å². The Morgan fingerprint density at radius 1 is 1.48 bits per heavy atom. The molecule has 2 aromatic rings. The number of aliphatic hydroxyl groups is 1. The number of carbonyl (C=O) groups is 1. The van der Waals surface area contributed by atoms with Gasteiger partial charge >= 0.3 is 0 Å². The van der Waals surface area contributed by atoms with Crippen molar-refractivity contribution in [3.05, 3.63) is 48.3 Å². The van der Waals surface area contributed by atoms with Crippen LogP contribution < -0.4 is 10.6 Å². The number of amides is 1. The first-order chi connectivity index (χ1) is 10.2. The monoisotopic (exact) mass is 286 g/mol. The molecule has 3 rings (SSSR count). The zero-order valence-corrected chi connectivity index (χ0v) is 11.6. The summed E-state index contributed by atoms with van der Waals surface area (Å²) >= 11 is 0. The van der Waals surface area contributed by atoms with Crippen LogP contribution in [0.25, 0.3) is 0 Å². The number of hydrogen-bond acceptors (Lipinski definition) is 4. The molecule has 21 heavy (non-hydrogen) atoms. The van der Waals surface area contributed by atoms with Gasteiger partial charge in [-0.25, -0.2) is 0 Å². The van der Waals surface area contributed by atoms with Crippen LogP contribution in [0.5, 0.6) is 0 Å². The number of rotatable bonds is 4. The van der Waals surface area contributed by atoms with Crippen molar-refractivity contribution in [2.24, 2.45) is 0 Å². The summed E-state index contributed by atoms with van der Waals surface area (Å²) in [5.74, 6) is -0.109. The average molecular weight is 286 g/mol. The van der Waals surface area contributed by atoms with Gasteiger partial charge in [0.1, 0.15) is 0 Å². The molecule has 0 bridgehead atoms. The summed E-state index contributed by atoms with van der Waals surface area (Å²) in [5, 5.41) is 19.5. The second-order valence-corrected chi connectivity index (χ2v) is 5.24. The maximum absolute atomic E-state index is 12.1. The summed E-state index contributed by atoms with van der Waals surface area (Å²) in [5.41, 5.74) is 1.82. The van der Waals surface area contributed by atoms with Gasteiger partial charge in [-0.3, -0.25) is 9.48 Å². The summed E-state index contributed by atoms with van der Waals surface area (Å²) in [4.78, 5) is 12.1. The SMILES string of the molecule is O=C(Nc1cccc(Cn2cccn2)c1)C1CC(O)CN1. The van der Waals surface area contributed by atoms with Gasteiger partial charge in [-0.2, -0.15) is 5.10 Å². The first-order valence-corrected chi connectivity index (χ1v) is 6.99. The van der Waals surface area contributed by atoms with Gasteiger partial charge in [0.25, 0.3) is 0 Å². The molecule has 1 aromatic carbocycles. The normalized spacial score (nSPS) is 21.4. The fraction of sp³-hybridized carbons (Fsp3) is 0.333. The largest absolute Gasteiger partial charge is 0.392 e. The Morgan fingerprint density at radius 2 is 2.38 bits per heavy atom. The van der Waals surface area contributed by atoms with E-state index in [0.29, 0.717) is 19.5 Å². The molecule has 0 radical (unpaired) electrons. The Morgan fingerprint density at radius 3 is 3.10 bits per heavy atom. The molecule has 0 aliphatic carbocycles. The maximum atomic E-state index is 12.1. The summed E-state index contributed by atoms with van der Waals surface area (Å²) in [6.07, 6.45) is 3.66. The first kappa shape index (κ1) is 13.8. The lowest BCUT2D eigenvalue weighted by molar-refractivity contribution is -0.117. The molecule has 2 unspecified atom stereocenters. The minimum absolute atomic E-state index is 0.109. The third-order valence-electron chi connectivity index (χ3n) is 3.52. The molecule has 1 saturated heterocycles.